The summed E-state index contributed by atoms with van der Waals surface area (Å²) in [6, 6.07) is 7.42. The number of anilines is 1. The van der Waals surface area contributed by atoms with Crippen LogP contribution in [0.4, 0.5) is 10.1 Å². The molecule has 2 atom stereocenters. The second kappa shape index (κ2) is 9.00. The highest BCUT2D eigenvalue weighted by Gasteiger charge is 2.27. The smallest absolute Gasteiger partial charge is 0.258 e. The quantitative estimate of drug-likeness (QED) is 0.642. The van der Waals surface area contributed by atoms with Crippen molar-refractivity contribution in [3.8, 4) is 0 Å². The monoisotopic (exact) mass is 458 g/mol. The Balaban J connectivity index is 1.83. The van der Waals surface area contributed by atoms with Gasteiger partial charge >= 0.3 is 0 Å². The summed E-state index contributed by atoms with van der Waals surface area (Å²) >= 11 is 11.8. The summed E-state index contributed by atoms with van der Waals surface area (Å²) in [4.78, 5) is 12.4. The second-order valence-corrected chi connectivity index (χ2v) is 9.74. The molecule has 9 heteroatoms. The van der Waals surface area contributed by atoms with Gasteiger partial charge in [-0.25, -0.2) is 17.5 Å². The van der Waals surface area contributed by atoms with Crippen molar-refractivity contribution in [1.29, 1.82) is 0 Å². The van der Waals surface area contributed by atoms with Crippen LogP contribution in [-0.4, -0.2) is 20.4 Å². The molecule has 1 saturated carbocycles. The number of halogens is 3. The number of hydrogen-bond acceptors (Lipinski definition) is 3. The summed E-state index contributed by atoms with van der Waals surface area (Å²) in [6.07, 6.45) is 3.74. The van der Waals surface area contributed by atoms with E-state index < -0.39 is 21.7 Å². The molecule has 0 bridgehead atoms. The van der Waals surface area contributed by atoms with Gasteiger partial charge in [0.25, 0.3) is 5.91 Å². The minimum absolute atomic E-state index is 0.157. The predicted octanol–water partition coefficient (Wildman–Crippen LogP) is 5.24. The van der Waals surface area contributed by atoms with Crippen molar-refractivity contribution >= 4 is 44.8 Å². The van der Waals surface area contributed by atoms with E-state index in [2.05, 4.69) is 10.0 Å². The molecule has 1 fully saturated rings. The average molecular weight is 459 g/mol. The van der Waals surface area contributed by atoms with Crippen molar-refractivity contribution in [3.05, 3.63) is 57.8 Å². The van der Waals surface area contributed by atoms with Gasteiger partial charge < -0.3 is 5.32 Å². The summed E-state index contributed by atoms with van der Waals surface area (Å²) in [5, 5.41) is 3.04. The Bertz CT molecular complexity index is 1030. The lowest BCUT2D eigenvalue weighted by molar-refractivity contribution is 0.102. The normalized spacial score (nSPS) is 19.7. The van der Waals surface area contributed by atoms with Crippen molar-refractivity contribution < 1.29 is 17.6 Å². The molecule has 0 saturated heterocycles. The van der Waals surface area contributed by atoms with Crippen molar-refractivity contribution in [1.82, 2.24) is 4.72 Å². The molecule has 2 aromatic carbocycles. The van der Waals surface area contributed by atoms with Gasteiger partial charge in [-0.2, -0.15) is 0 Å². The number of benzene rings is 2. The van der Waals surface area contributed by atoms with Crippen LogP contribution < -0.4 is 10.0 Å². The van der Waals surface area contributed by atoms with E-state index in [1.807, 2.05) is 6.92 Å². The van der Waals surface area contributed by atoms with Gasteiger partial charge in [-0.15, -0.1) is 0 Å². The Hall–Kier alpha value is -1.67. The molecule has 3 rings (SSSR count). The molecule has 2 aromatic rings. The molecular weight excluding hydrogens is 438 g/mol. The maximum absolute atomic E-state index is 14.3. The maximum atomic E-state index is 14.3. The zero-order valence-electron chi connectivity index (χ0n) is 15.7. The van der Waals surface area contributed by atoms with Crippen LogP contribution in [0.5, 0.6) is 0 Å². The highest BCUT2D eigenvalue weighted by atomic mass is 35.5. The number of carbonyl (C=O) groups excluding carboxylic acids is 1. The van der Waals surface area contributed by atoms with Crippen LogP contribution in [0.2, 0.25) is 10.0 Å². The summed E-state index contributed by atoms with van der Waals surface area (Å²) in [6.45, 7) is 2.01. The van der Waals surface area contributed by atoms with Crippen molar-refractivity contribution in [2.75, 3.05) is 5.32 Å². The first kappa shape index (κ1) is 22.0. The molecule has 2 N–H and O–H groups in total. The van der Waals surface area contributed by atoms with Crippen LogP contribution in [-0.2, 0) is 10.0 Å². The van der Waals surface area contributed by atoms with Gasteiger partial charge in [-0.05, 0) is 55.2 Å². The van der Waals surface area contributed by atoms with E-state index >= 15 is 0 Å². The average Bonchev–Trinajstić information content (AvgIpc) is 2.66. The summed E-state index contributed by atoms with van der Waals surface area (Å²) in [5.41, 5.74) is -0.0677. The second-order valence-electron chi connectivity index (χ2n) is 7.21. The maximum Gasteiger partial charge on any atom is 0.258 e. The fraction of sp³-hybridized carbons (Fsp3) is 0.350. The van der Waals surface area contributed by atoms with Crippen LogP contribution in [0, 0.1) is 11.7 Å². The third kappa shape index (κ3) is 5.28. The number of amides is 1. The molecule has 29 heavy (non-hydrogen) atoms. The lowest BCUT2D eigenvalue weighted by Crippen LogP contribution is -2.41. The number of rotatable bonds is 5. The zero-order valence-corrected chi connectivity index (χ0v) is 18.0. The van der Waals surface area contributed by atoms with E-state index in [-0.39, 0.29) is 27.4 Å². The Morgan fingerprint density at radius 3 is 2.48 bits per heavy atom. The standard InChI is InChI=1S/C20H21Cl2FN2O3S/c1-12-4-2-3-5-19(12)25-29(27,28)14-7-9-18(23)15(11-14)20(26)24-13-6-8-16(21)17(22)10-13/h6-12,19,25H,2-5H2,1H3,(H,24,26)/t12-,19+/m0/s1. The topological polar surface area (TPSA) is 75.3 Å². The van der Waals surface area contributed by atoms with Crippen LogP contribution in [0.15, 0.2) is 41.3 Å². The number of hydrogen-bond donors (Lipinski definition) is 2. The number of nitrogens with one attached hydrogen (secondary N) is 2. The molecule has 1 amide bonds. The molecule has 1 aliphatic carbocycles. The predicted molar refractivity (Wildman–Crippen MR) is 113 cm³/mol. The highest BCUT2D eigenvalue weighted by Crippen LogP contribution is 2.27. The lowest BCUT2D eigenvalue weighted by Gasteiger charge is -2.29. The molecule has 5 nitrogen and oxygen atoms in total. The van der Waals surface area contributed by atoms with E-state index in [1.165, 1.54) is 18.2 Å². The van der Waals surface area contributed by atoms with Gasteiger partial charge in [0, 0.05) is 11.7 Å². The zero-order chi connectivity index (χ0) is 21.2. The Morgan fingerprint density at radius 2 is 1.79 bits per heavy atom. The largest absolute Gasteiger partial charge is 0.322 e. The first-order valence-electron chi connectivity index (χ1n) is 9.25. The third-order valence-electron chi connectivity index (χ3n) is 5.09. The summed E-state index contributed by atoms with van der Waals surface area (Å²) in [7, 11) is -3.89. The van der Waals surface area contributed by atoms with Gasteiger partial charge in [0.05, 0.1) is 20.5 Å². The van der Waals surface area contributed by atoms with Gasteiger partial charge in [-0.3, -0.25) is 4.79 Å². The molecular formula is C20H21Cl2FN2O3S. The minimum Gasteiger partial charge on any atom is -0.322 e. The van der Waals surface area contributed by atoms with Crippen LogP contribution in [0.1, 0.15) is 43.0 Å². The fourth-order valence-corrected chi connectivity index (χ4v) is 5.08. The van der Waals surface area contributed by atoms with Crippen LogP contribution >= 0.6 is 23.2 Å². The molecule has 0 heterocycles. The molecule has 0 aliphatic heterocycles. The van der Waals surface area contributed by atoms with Crippen molar-refractivity contribution in [2.45, 2.75) is 43.5 Å². The first-order valence-corrected chi connectivity index (χ1v) is 11.5. The van der Waals surface area contributed by atoms with E-state index in [0.717, 1.165) is 43.9 Å². The molecule has 0 spiro atoms. The minimum atomic E-state index is -3.89. The highest BCUT2D eigenvalue weighted by molar-refractivity contribution is 7.89. The van der Waals surface area contributed by atoms with Crippen molar-refractivity contribution in [3.63, 3.8) is 0 Å². The molecule has 1 aliphatic rings. The molecule has 0 aromatic heterocycles. The lowest BCUT2D eigenvalue weighted by atomic mass is 9.87. The van der Waals surface area contributed by atoms with Crippen LogP contribution in [0.3, 0.4) is 0 Å². The Labute approximate surface area is 179 Å². The van der Waals surface area contributed by atoms with E-state index in [0.29, 0.717) is 10.7 Å². The van der Waals surface area contributed by atoms with Gasteiger partial charge in [0.15, 0.2) is 0 Å². The molecule has 156 valence electrons. The fourth-order valence-electron chi connectivity index (χ4n) is 3.38. The van der Waals surface area contributed by atoms with E-state index in [1.54, 1.807) is 0 Å². The van der Waals surface area contributed by atoms with E-state index in [9.17, 15) is 17.6 Å². The summed E-state index contributed by atoms with van der Waals surface area (Å²) < 4.78 is 42.5. The van der Waals surface area contributed by atoms with E-state index in [4.69, 9.17) is 23.2 Å². The number of sulfonamides is 1. The van der Waals surface area contributed by atoms with Gasteiger partial charge in [0.1, 0.15) is 5.82 Å². The first-order chi connectivity index (χ1) is 13.7. The van der Waals surface area contributed by atoms with Gasteiger partial charge in [-0.1, -0.05) is 43.0 Å². The third-order valence-corrected chi connectivity index (χ3v) is 7.31. The van der Waals surface area contributed by atoms with Crippen molar-refractivity contribution in [2.24, 2.45) is 5.92 Å². The summed E-state index contributed by atoms with van der Waals surface area (Å²) in [5.74, 6) is -1.40. The van der Waals surface area contributed by atoms with Crippen LogP contribution in [0.25, 0.3) is 0 Å². The number of carbonyl (C=O) groups is 1. The van der Waals surface area contributed by atoms with Gasteiger partial charge in [0.2, 0.25) is 10.0 Å². The Kier molecular flexibility index (Phi) is 6.83. The Morgan fingerprint density at radius 1 is 1.07 bits per heavy atom. The molecule has 0 unspecified atom stereocenters. The SMILES string of the molecule is C[C@H]1CCCC[C@H]1NS(=O)(=O)c1ccc(F)c(C(=O)Nc2ccc(Cl)c(Cl)c2)c1. The molecule has 0 radical (unpaired) electrons.